The van der Waals surface area contributed by atoms with Crippen LogP contribution in [0.2, 0.25) is 0 Å². The maximum Gasteiger partial charge on any atom is 0.332 e. The summed E-state index contributed by atoms with van der Waals surface area (Å²) in [6.07, 6.45) is 1.93. The van der Waals surface area contributed by atoms with Gasteiger partial charge in [-0.2, -0.15) is 0 Å². The van der Waals surface area contributed by atoms with Crippen molar-refractivity contribution >= 4 is 11.9 Å². The Balaban J connectivity index is 2.73. The molecule has 1 N–H and O–H groups in total. The number of hydrogen-bond acceptors (Lipinski definition) is 5. The molecule has 1 heterocycles. The van der Waals surface area contributed by atoms with E-state index in [2.05, 4.69) is 14.8 Å². The summed E-state index contributed by atoms with van der Waals surface area (Å²) in [5.41, 5.74) is 0.573. The van der Waals surface area contributed by atoms with Crippen molar-refractivity contribution in [2.45, 2.75) is 6.42 Å². The lowest BCUT2D eigenvalue weighted by Crippen LogP contribution is -2.18. The zero-order chi connectivity index (χ0) is 10.6. The van der Waals surface area contributed by atoms with Crippen molar-refractivity contribution in [3.8, 4) is 0 Å². The van der Waals surface area contributed by atoms with Crippen LogP contribution in [0, 0.1) is 5.92 Å². The average molecular weight is 199 g/mol. The lowest BCUT2D eigenvalue weighted by atomic mass is 10.1. The average Bonchev–Trinajstić information content (AvgIpc) is 2.64. The van der Waals surface area contributed by atoms with E-state index < -0.39 is 5.97 Å². The highest BCUT2D eigenvalue weighted by molar-refractivity contribution is 5.85. The number of esters is 2. The molecule has 0 aromatic rings. The molecule has 1 unspecified atom stereocenters. The Labute approximate surface area is 82.1 Å². The van der Waals surface area contributed by atoms with Crippen molar-refractivity contribution in [1.82, 2.24) is 5.32 Å². The highest BCUT2D eigenvalue weighted by atomic mass is 16.5. The van der Waals surface area contributed by atoms with Gasteiger partial charge < -0.3 is 14.8 Å². The number of carbonyl (C=O) groups excluding carboxylic acids is 2. The Morgan fingerprint density at radius 3 is 2.71 bits per heavy atom. The van der Waals surface area contributed by atoms with Crippen molar-refractivity contribution in [3.05, 3.63) is 11.8 Å². The fourth-order valence-electron chi connectivity index (χ4n) is 1.36. The predicted octanol–water partition coefficient (Wildman–Crippen LogP) is -0.174. The summed E-state index contributed by atoms with van der Waals surface area (Å²) in [5.74, 6) is -1.16. The van der Waals surface area contributed by atoms with Gasteiger partial charge in [-0.1, -0.05) is 0 Å². The van der Waals surface area contributed by atoms with E-state index >= 15 is 0 Å². The number of hydrogen-bond donors (Lipinski definition) is 1. The van der Waals surface area contributed by atoms with Crippen molar-refractivity contribution < 1.29 is 19.1 Å². The molecule has 1 aliphatic heterocycles. The molecule has 0 saturated carbocycles. The monoisotopic (exact) mass is 199 g/mol. The van der Waals surface area contributed by atoms with Crippen LogP contribution in [0.4, 0.5) is 0 Å². The first kappa shape index (κ1) is 10.6. The SMILES string of the molecule is COC(=O)C=C1NCCC1C(=O)OC. The summed E-state index contributed by atoms with van der Waals surface area (Å²) in [6.45, 7) is 0.669. The fraction of sp³-hybridized carbons (Fsp3) is 0.556. The second kappa shape index (κ2) is 4.64. The van der Waals surface area contributed by atoms with Gasteiger partial charge in [0.25, 0.3) is 0 Å². The Bertz CT molecular complexity index is 272. The van der Waals surface area contributed by atoms with Crippen LogP contribution < -0.4 is 5.32 Å². The van der Waals surface area contributed by atoms with Crippen molar-refractivity contribution in [2.75, 3.05) is 20.8 Å². The van der Waals surface area contributed by atoms with Gasteiger partial charge in [-0.25, -0.2) is 4.79 Å². The van der Waals surface area contributed by atoms with E-state index in [1.807, 2.05) is 0 Å². The minimum Gasteiger partial charge on any atom is -0.469 e. The molecule has 1 rings (SSSR count). The number of ether oxygens (including phenoxy) is 2. The first-order valence-corrected chi connectivity index (χ1v) is 4.30. The van der Waals surface area contributed by atoms with E-state index in [4.69, 9.17) is 0 Å². The van der Waals surface area contributed by atoms with Crippen LogP contribution >= 0.6 is 0 Å². The van der Waals surface area contributed by atoms with Crippen molar-refractivity contribution in [3.63, 3.8) is 0 Å². The quantitative estimate of drug-likeness (QED) is 0.494. The van der Waals surface area contributed by atoms with Crippen molar-refractivity contribution in [1.29, 1.82) is 0 Å². The second-order valence-corrected chi connectivity index (χ2v) is 2.91. The predicted molar refractivity (Wildman–Crippen MR) is 48.2 cm³/mol. The third kappa shape index (κ3) is 2.25. The highest BCUT2D eigenvalue weighted by Gasteiger charge is 2.28. The molecule has 0 amide bonds. The lowest BCUT2D eigenvalue weighted by molar-refractivity contribution is -0.143. The Morgan fingerprint density at radius 2 is 2.14 bits per heavy atom. The van der Waals surface area contributed by atoms with Gasteiger partial charge in [0.05, 0.1) is 20.1 Å². The van der Waals surface area contributed by atoms with Crippen molar-refractivity contribution in [2.24, 2.45) is 5.92 Å². The summed E-state index contributed by atoms with van der Waals surface area (Å²) in [6, 6.07) is 0. The topological polar surface area (TPSA) is 64.6 Å². The van der Waals surface area contributed by atoms with Crippen LogP contribution in [0.1, 0.15) is 6.42 Å². The van der Waals surface area contributed by atoms with Gasteiger partial charge in [-0.3, -0.25) is 4.79 Å². The normalized spacial score (nSPS) is 23.0. The summed E-state index contributed by atoms with van der Waals surface area (Å²) >= 11 is 0. The molecule has 0 aromatic heterocycles. The van der Waals surface area contributed by atoms with E-state index in [0.717, 1.165) is 0 Å². The highest BCUT2D eigenvalue weighted by Crippen LogP contribution is 2.20. The molecule has 14 heavy (non-hydrogen) atoms. The molecule has 1 atom stereocenters. The molecule has 0 aromatic carbocycles. The number of methoxy groups -OCH3 is 2. The molecule has 0 radical (unpaired) electrons. The minimum atomic E-state index is -0.469. The molecule has 0 spiro atoms. The molecule has 1 aliphatic rings. The van der Waals surface area contributed by atoms with Gasteiger partial charge in [-0.05, 0) is 6.42 Å². The lowest BCUT2D eigenvalue weighted by Gasteiger charge is -2.07. The summed E-state index contributed by atoms with van der Waals surface area (Å²) < 4.78 is 9.07. The molecule has 0 bridgehead atoms. The van der Waals surface area contributed by atoms with Crippen LogP contribution in [0.15, 0.2) is 11.8 Å². The van der Waals surface area contributed by atoms with Gasteiger partial charge in [0.1, 0.15) is 0 Å². The number of nitrogens with one attached hydrogen (secondary N) is 1. The largest absolute Gasteiger partial charge is 0.469 e. The number of carbonyl (C=O) groups is 2. The summed E-state index contributed by atoms with van der Waals surface area (Å²) in [4.78, 5) is 22.2. The maximum absolute atomic E-state index is 11.2. The standard InChI is InChI=1S/C9H13NO4/c1-13-8(11)5-7-6(3-4-10-7)9(12)14-2/h5-6,10H,3-4H2,1-2H3. The van der Waals surface area contributed by atoms with Crippen LogP contribution in [-0.4, -0.2) is 32.7 Å². The second-order valence-electron chi connectivity index (χ2n) is 2.91. The molecule has 5 nitrogen and oxygen atoms in total. The number of rotatable bonds is 2. The van der Waals surface area contributed by atoms with Gasteiger partial charge in [-0.15, -0.1) is 0 Å². The minimum absolute atomic E-state index is 0.329. The summed E-state index contributed by atoms with van der Waals surface area (Å²) in [7, 11) is 2.62. The smallest absolute Gasteiger partial charge is 0.332 e. The third-order valence-electron chi connectivity index (χ3n) is 2.10. The van der Waals surface area contributed by atoms with E-state index in [9.17, 15) is 9.59 Å². The van der Waals surface area contributed by atoms with E-state index in [1.165, 1.54) is 20.3 Å². The van der Waals surface area contributed by atoms with Crippen LogP contribution in [0.25, 0.3) is 0 Å². The van der Waals surface area contributed by atoms with Gasteiger partial charge in [0, 0.05) is 18.3 Å². The molecule has 0 aliphatic carbocycles. The van der Waals surface area contributed by atoms with Crippen LogP contribution in [0.5, 0.6) is 0 Å². The third-order valence-corrected chi connectivity index (χ3v) is 2.10. The molecular formula is C9H13NO4. The van der Waals surface area contributed by atoms with Gasteiger partial charge in [0.15, 0.2) is 0 Å². The first-order chi connectivity index (χ1) is 6.69. The van der Waals surface area contributed by atoms with Crippen LogP contribution in [-0.2, 0) is 19.1 Å². The van der Waals surface area contributed by atoms with Crippen LogP contribution in [0.3, 0.4) is 0 Å². The van der Waals surface area contributed by atoms with Gasteiger partial charge in [0.2, 0.25) is 0 Å². The molecule has 78 valence electrons. The van der Waals surface area contributed by atoms with Gasteiger partial charge >= 0.3 is 11.9 Å². The molecule has 1 saturated heterocycles. The Hall–Kier alpha value is -1.52. The summed E-state index contributed by atoms with van der Waals surface area (Å²) in [5, 5.41) is 2.95. The first-order valence-electron chi connectivity index (χ1n) is 4.30. The zero-order valence-electron chi connectivity index (χ0n) is 8.20. The maximum atomic E-state index is 11.2. The fourth-order valence-corrected chi connectivity index (χ4v) is 1.36. The van der Waals surface area contributed by atoms with E-state index in [1.54, 1.807) is 0 Å². The molecule has 1 fully saturated rings. The van der Waals surface area contributed by atoms with E-state index in [0.29, 0.717) is 18.7 Å². The Kier molecular flexibility index (Phi) is 3.50. The Morgan fingerprint density at radius 1 is 1.43 bits per heavy atom. The zero-order valence-corrected chi connectivity index (χ0v) is 8.20. The molecular weight excluding hydrogens is 186 g/mol. The van der Waals surface area contributed by atoms with E-state index in [-0.39, 0.29) is 11.9 Å². The molecule has 5 heteroatoms.